The maximum atomic E-state index is 12.4. The van der Waals surface area contributed by atoms with Crippen LogP contribution in [0.5, 0.6) is 5.88 Å². The van der Waals surface area contributed by atoms with E-state index >= 15 is 0 Å². The van der Waals surface area contributed by atoms with Crippen LogP contribution in [0.25, 0.3) is 0 Å². The summed E-state index contributed by atoms with van der Waals surface area (Å²) in [5.41, 5.74) is -0.160. The number of nitrogens with zero attached hydrogens (tertiary/aromatic N) is 3. The fourth-order valence-electron chi connectivity index (χ4n) is 2.16. The number of non-ortho nitro benzene ring substituents is 1. The molecule has 24 heavy (non-hydrogen) atoms. The van der Waals surface area contributed by atoms with Crippen LogP contribution < -0.4 is 4.74 Å². The number of hydrogen-bond donors (Lipinski definition) is 0. The number of nitro benzene ring substituents is 1. The van der Waals surface area contributed by atoms with Crippen molar-refractivity contribution in [2.24, 2.45) is 0 Å². The number of nitro groups is 1. The lowest BCUT2D eigenvalue weighted by Crippen LogP contribution is -2.56. The molecule has 2 aromatic rings. The number of hydrogen-bond acceptors (Lipinski definition) is 6. The Morgan fingerprint density at radius 3 is 2.42 bits per heavy atom. The molecule has 0 N–H and O–H groups in total. The Hall–Kier alpha value is -2.23. The summed E-state index contributed by atoms with van der Waals surface area (Å²) in [6, 6.07) is 8.02. The Bertz CT molecular complexity index is 849. The van der Waals surface area contributed by atoms with Gasteiger partial charge in [-0.3, -0.25) is 10.1 Å². The zero-order chi connectivity index (χ0) is 17.3. The lowest BCUT2D eigenvalue weighted by Gasteiger charge is -2.37. The summed E-state index contributed by atoms with van der Waals surface area (Å²) in [4.78, 5) is 14.0. The van der Waals surface area contributed by atoms with Crippen LogP contribution in [0.15, 0.2) is 47.5 Å². The Kier molecular flexibility index (Phi) is 4.39. The fourth-order valence-corrected chi connectivity index (χ4v) is 3.78. The minimum atomic E-state index is -3.69. The molecule has 0 radical (unpaired) electrons. The third-order valence-corrected chi connectivity index (χ3v) is 5.56. The van der Waals surface area contributed by atoms with Gasteiger partial charge in [0, 0.05) is 24.4 Å². The third kappa shape index (κ3) is 3.32. The van der Waals surface area contributed by atoms with Crippen LogP contribution in [0.2, 0.25) is 5.02 Å². The number of pyridine rings is 1. The minimum Gasteiger partial charge on any atom is -0.472 e. The molecule has 10 heteroatoms. The highest BCUT2D eigenvalue weighted by molar-refractivity contribution is 7.89. The molecule has 0 amide bonds. The molecular formula is C14H12ClN3O5S. The molecule has 0 saturated carbocycles. The Morgan fingerprint density at radius 1 is 1.21 bits per heavy atom. The highest BCUT2D eigenvalue weighted by Gasteiger charge is 2.38. The van der Waals surface area contributed by atoms with Crippen LogP contribution >= 0.6 is 11.6 Å². The summed E-state index contributed by atoms with van der Waals surface area (Å²) in [6.45, 7) is 0.368. The Morgan fingerprint density at radius 2 is 1.88 bits per heavy atom. The second-order valence-electron chi connectivity index (χ2n) is 5.13. The summed E-state index contributed by atoms with van der Waals surface area (Å²) < 4.78 is 31.6. The van der Waals surface area contributed by atoms with Crippen molar-refractivity contribution in [1.82, 2.24) is 9.29 Å². The first kappa shape index (κ1) is 16.6. The van der Waals surface area contributed by atoms with Crippen LogP contribution in [0.4, 0.5) is 5.69 Å². The van der Waals surface area contributed by atoms with Crippen molar-refractivity contribution in [3.05, 3.63) is 57.7 Å². The van der Waals surface area contributed by atoms with E-state index in [2.05, 4.69) is 4.98 Å². The SMILES string of the molecule is O=[N+]([O-])c1ccc(S(=O)(=O)N2CC(Oc3ccc(Cl)cn3)C2)cc1. The molecule has 126 valence electrons. The van der Waals surface area contributed by atoms with Crippen molar-refractivity contribution in [3.8, 4) is 5.88 Å². The molecule has 2 heterocycles. The largest absolute Gasteiger partial charge is 0.472 e. The smallest absolute Gasteiger partial charge is 0.269 e. The van der Waals surface area contributed by atoms with Crippen LogP contribution in [0, 0.1) is 10.1 Å². The monoisotopic (exact) mass is 369 g/mol. The predicted octanol–water partition coefficient (Wildman–Crippen LogP) is 2.10. The number of benzene rings is 1. The quantitative estimate of drug-likeness (QED) is 0.590. The van der Waals surface area contributed by atoms with E-state index in [1.165, 1.54) is 22.6 Å². The van der Waals surface area contributed by atoms with Crippen molar-refractivity contribution in [1.29, 1.82) is 0 Å². The van der Waals surface area contributed by atoms with E-state index in [1.807, 2.05) is 0 Å². The number of ether oxygens (including phenoxy) is 1. The Balaban J connectivity index is 1.63. The lowest BCUT2D eigenvalue weighted by atomic mass is 10.2. The molecular weight excluding hydrogens is 358 g/mol. The van der Waals surface area contributed by atoms with Crippen LogP contribution in [-0.4, -0.2) is 41.8 Å². The highest BCUT2D eigenvalue weighted by Crippen LogP contribution is 2.25. The number of halogens is 1. The van der Waals surface area contributed by atoms with E-state index in [-0.39, 0.29) is 29.8 Å². The first-order valence-corrected chi connectivity index (χ1v) is 8.71. The molecule has 0 atom stereocenters. The molecule has 8 nitrogen and oxygen atoms in total. The highest BCUT2D eigenvalue weighted by atomic mass is 35.5. The van der Waals surface area contributed by atoms with Crippen LogP contribution in [0.1, 0.15) is 0 Å². The normalized spacial score (nSPS) is 15.7. The van der Waals surface area contributed by atoms with Gasteiger partial charge in [0.15, 0.2) is 0 Å². The van der Waals surface area contributed by atoms with Gasteiger partial charge < -0.3 is 4.74 Å². The lowest BCUT2D eigenvalue weighted by molar-refractivity contribution is -0.384. The number of rotatable bonds is 5. The molecule has 1 aromatic heterocycles. The average Bonchev–Trinajstić information content (AvgIpc) is 2.52. The molecule has 3 rings (SSSR count). The van der Waals surface area contributed by atoms with Gasteiger partial charge in [-0.1, -0.05) is 11.6 Å². The second-order valence-corrected chi connectivity index (χ2v) is 7.50. The summed E-state index contributed by atoms with van der Waals surface area (Å²) in [6.07, 6.45) is 1.15. The van der Waals surface area contributed by atoms with Gasteiger partial charge in [0.25, 0.3) is 5.69 Å². The summed E-state index contributed by atoms with van der Waals surface area (Å²) >= 11 is 5.73. The number of aromatic nitrogens is 1. The maximum absolute atomic E-state index is 12.4. The molecule has 0 spiro atoms. The molecule has 1 saturated heterocycles. The molecule has 1 aliphatic rings. The van der Waals surface area contributed by atoms with E-state index in [4.69, 9.17) is 16.3 Å². The first-order valence-electron chi connectivity index (χ1n) is 6.89. The second kappa shape index (κ2) is 6.34. The Labute approximate surface area is 142 Å². The van der Waals surface area contributed by atoms with Gasteiger partial charge >= 0.3 is 0 Å². The zero-order valence-corrected chi connectivity index (χ0v) is 13.8. The molecule has 0 aliphatic carbocycles. The molecule has 1 aromatic carbocycles. The summed E-state index contributed by atoms with van der Waals surface area (Å²) in [5, 5.41) is 11.1. The molecule has 1 fully saturated rings. The maximum Gasteiger partial charge on any atom is 0.269 e. The summed E-state index contributed by atoms with van der Waals surface area (Å²) in [7, 11) is -3.69. The topological polar surface area (TPSA) is 103 Å². The molecule has 0 unspecified atom stereocenters. The van der Waals surface area contributed by atoms with Crippen molar-refractivity contribution in [3.63, 3.8) is 0 Å². The van der Waals surface area contributed by atoms with Crippen LogP contribution in [-0.2, 0) is 10.0 Å². The molecule has 0 bridgehead atoms. The van der Waals surface area contributed by atoms with Gasteiger partial charge in [-0.2, -0.15) is 4.31 Å². The van der Waals surface area contributed by atoms with E-state index in [0.717, 1.165) is 12.1 Å². The number of sulfonamides is 1. The van der Waals surface area contributed by atoms with Gasteiger partial charge in [-0.05, 0) is 18.2 Å². The first-order chi connectivity index (χ1) is 11.4. The predicted molar refractivity (Wildman–Crippen MR) is 85.5 cm³/mol. The van der Waals surface area contributed by atoms with Gasteiger partial charge in [0.05, 0.1) is 27.9 Å². The van der Waals surface area contributed by atoms with Gasteiger partial charge in [-0.25, -0.2) is 13.4 Å². The standard InChI is InChI=1S/C14H12ClN3O5S/c15-10-1-6-14(16-7-10)23-12-8-17(9-12)24(21,22)13-4-2-11(3-5-13)18(19)20/h1-7,12H,8-9H2. The van der Waals surface area contributed by atoms with Crippen LogP contribution in [0.3, 0.4) is 0 Å². The van der Waals surface area contributed by atoms with E-state index in [1.54, 1.807) is 12.1 Å². The zero-order valence-electron chi connectivity index (χ0n) is 12.2. The van der Waals surface area contributed by atoms with Crippen molar-refractivity contribution >= 4 is 27.3 Å². The van der Waals surface area contributed by atoms with E-state index in [9.17, 15) is 18.5 Å². The van der Waals surface area contributed by atoms with Crippen molar-refractivity contribution in [2.45, 2.75) is 11.0 Å². The van der Waals surface area contributed by atoms with Crippen molar-refractivity contribution < 1.29 is 18.1 Å². The van der Waals surface area contributed by atoms with E-state index < -0.39 is 14.9 Å². The summed E-state index contributed by atoms with van der Waals surface area (Å²) in [5.74, 6) is 0.372. The van der Waals surface area contributed by atoms with Gasteiger partial charge in [-0.15, -0.1) is 0 Å². The van der Waals surface area contributed by atoms with Gasteiger partial charge in [0.1, 0.15) is 6.10 Å². The third-order valence-electron chi connectivity index (χ3n) is 3.49. The van der Waals surface area contributed by atoms with Gasteiger partial charge in [0.2, 0.25) is 15.9 Å². The fraction of sp³-hybridized carbons (Fsp3) is 0.214. The van der Waals surface area contributed by atoms with Crippen molar-refractivity contribution in [2.75, 3.05) is 13.1 Å². The minimum absolute atomic E-state index is 0.0103. The average molecular weight is 370 g/mol. The van der Waals surface area contributed by atoms with E-state index in [0.29, 0.717) is 10.9 Å². The molecule has 1 aliphatic heterocycles.